The van der Waals surface area contributed by atoms with Crippen molar-refractivity contribution in [3.05, 3.63) is 119 Å². The van der Waals surface area contributed by atoms with Crippen molar-refractivity contribution in [2.45, 2.75) is 57.9 Å². The van der Waals surface area contributed by atoms with Gasteiger partial charge in [-0.2, -0.15) is 0 Å². The summed E-state index contributed by atoms with van der Waals surface area (Å²) in [7, 11) is 0. The Bertz CT molecular complexity index is 1410. The molecule has 1 aliphatic rings. The fourth-order valence-electron chi connectivity index (χ4n) is 5.40. The number of H-pyrrole nitrogens is 1. The minimum absolute atomic E-state index is 0.174. The van der Waals surface area contributed by atoms with Crippen LogP contribution in [0.3, 0.4) is 0 Å². The van der Waals surface area contributed by atoms with Gasteiger partial charge in [0.15, 0.2) is 0 Å². The molecule has 0 saturated heterocycles. The molecule has 2 unspecified atom stereocenters. The molecule has 0 aliphatic heterocycles. The molecule has 6 nitrogen and oxygen atoms in total. The van der Waals surface area contributed by atoms with Crippen molar-refractivity contribution in [2.24, 2.45) is 0 Å². The highest BCUT2D eigenvalue weighted by molar-refractivity contribution is 5.74. The van der Waals surface area contributed by atoms with Crippen LogP contribution < -0.4 is 5.32 Å². The summed E-state index contributed by atoms with van der Waals surface area (Å²) >= 11 is 0. The lowest BCUT2D eigenvalue weighted by molar-refractivity contribution is 0.153. The molecule has 188 valence electrons. The number of aryl methyl sites for hydroxylation is 1. The third kappa shape index (κ3) is 5.36. The number of nitrogens with zero attached hydrogens (tertiary/aromatic N) is 3. The maximum Gasteiger partial charge on any atom is 0.121 e. The molecule has 6 rings (SSSR count). The summed E-state index contributed by atoms with van der Waals surface area (Å²) < 4.78 is 5.52. The van der Waals surface area contributed by atoms with E-state index in [1.807, 2.05) is 24.4 Å². The minimum Gasteiger partial charge on any atom is -0.468 e. The first-order chi connectivity index (χ1) is 18.2. The number of pyridine rings is 1. The van der Waals surface area contributed by atoms with Crippen LogP contribution in [0.25, 0.3) is 11.0 Å². The number of rotatable bonds is 9. The van der Waals surface area contributed by atoms with Crippen molar-refractivity contribution in [2.75, 3.05) is 0 Å². The van der Waals surface area contributed by atoms with E-state index in [9.17, 15) is 0 Å². The predicted octanol–water partition coefficient (Wildman–Crippen LogP) is 6.48. The average molecular weight is 492 g/mol. The molecule has 0 saturated carbocycles. The topological polar surface area (TPSA) is 70.0 Å². The maximum atomic E-state index is 5.52. The second-order valence-electron chi connectivity index (χ2n) is 10.00. The average Bonchev–Trinajstić information content (AvgIpc) is 3.62. The van der Waals surface area contributed by atoms with E-state index in [-0.39, 0.29) is 12.1 Å². The van der Waals surface area contributed by atoms with Gasteiger partial charge < -0.3 is 14.7 Å². The SMILES string of the molecule is CC(NCc1ccc(CN(Cc2nc3ccccc3[nH]2)C2CCCc3cccnc32)cc1)c1ccco1. The fourth-order valence-corrected chi connectivity index (χ4v) is 5.40. The van der Waals surface area contributed by atoms with Gasteiger partial charge in [0.05, 0.1) is 41.6 Å². The molecule has 0 amide bonds. The van der Waals surface area contributed by atoms with E-state index < -0.39 is 0 Å². The van der Waals surface area contributed by atoms with Gasteiger partial charge in [0.2, 0.25) is 0 Å². The molecule has 3 heterocycles. The molecular weight excluding hydrogens is 458 g/mol. The Morgan fingerprint density at radius 1 is 1.00 bits per heavy atom. The highest BCUT2D eigenvalue weighted by atomic mass is 16.3. The Hall–Kier alpha value is -3.74. The van der Waals surface area contributed by atoms with Crippen molar-refractivity contribution in [1.82, 2.24) is 25.2 Å². The van der Waals surface area contributed by atoms with Crippen LogP contribution in [0.5, 0.6) is 0 Å². The van der Waals surface area contributed by atoms with E-state index >= 15 is 0 Å². The number of aromatic nitrogens is 3. The number of fused-ring (bicyclic) bond motifs is 2. The molecule has 3 aromatic heterocycles. The summed E-state index contributed by atoms with van der Waals surface area (Å²) in [6.45, 7) is 4.51. The van der Waals surface area contributed by atoms with E-state index in [0.717, 1.165) is 55.1 Å². The zero-order chi connectivity index (χ0) is 25.0. The lowest BCUT2D eigenvalue weighted by Crippen LogP contribution is -2.31. The second kappa shape index (κ2) is 10.7. The van der Waals surface area contributed by atoms with Crippen LogP contribution in [0, 0.1) is 0 Å². The number of benzene rings is 2. The Morgan fingerprint density at radius 2 is 1.86 bits per heavy atom. The van der Waals surface area contributed by atoms with Gasteiger partial charge in [0.25, 0.3) is 0 Å². The first-order valence-electron chi connectivity index (χ1n) is 13.2. The molecule has 2 aromatic carbocycles. The molecule has 2 N–H and O–H groups in total. The van der Waals surface area contributed by atoms with Crippen molar-refractivity contribution in [3.8, 4) is 0 Å². The summed E-state index contributed by atoms with van der Waals surface area (Å²) in [4.78, 5) is 15.8. The lowest BCUT2D eigenvalue weighted by atomic mass is 9.90. The predicted molar refractivity (Wildman–Crippen MR) is 146 cm³/mol. The monoisotopic (exact) mass is 491 g/mol. The zero-order valence-corrected chi connectivity index (χ0v) is 21.2. The summed E-state index contributed by atoms with van der Waals surface area (Å²) in [6.07, 6.45) is 7.05. The standard InChI is InChI=1S/C31H33N5O/c1-22(29-12-6-18-37-29)33-19-23-13-15-24(16-14-23)20-36(21-30-34-26-9-2-3-10-27(26)35-30)28-11-4-7-25-8-5-17-32-31(25)28/h2-3,5-6,8-10,12-18,22,28,33H,4,7,11,19-21H2,1H3,(H,34,35). The van der Waals surface area contributed by atoms with Crippen LogP contribution in [0.2, 0.25) is 0 Å². The Morgan fingerprint density at radius 3 is 2.70 bits per heavy atom. The van der Waals surface area contributed by atoms with Crippen molar-refractivity contribution in [1.29, 1.82) is 0 Å². The second-order valence-corrected chi connectivity index (χ2v) is 10.00. The van der Waals surface area contributed by atoms with Gasteiger partial charge in [-0.3, -0.25) is 9.88 Å². The van der Waals surface area contributed by atoms with Crippen LogP contribution in [0.15, 0.2) is 89.7 Å². The molecule has 2 atom stereocenters. The quantitative estimate of drug-likeness (QED) is 0.247. The minimum atomic E-state index is 0.174. The molecule has 0 bridgehead atoms. The number of nitrogens with one attached hydrogen (secondary N) is 2. The summed E-state index contributed by atoms with van der Waals surface area (Å²) in [5.74, 6) is 1.95. The number of hydrogen-bond acceptors (Lipinski definition) is 5. The Labute approximate surface area is 217 Å². The van der Waals surface area contributed by atoms with Gasteiger partial charge in [-0.15, -0.1) is 0 Å². The van der Waals surface area contributed by atoms with Gasteiger partial charge >= 0.3 is 0 Å². The van der Waals surface area contributed by atoms with Crippen molar-refractivity contribution < 1.29 is 4.42 Å². The van der Waals surface area contributed by atoms with Crippen LogP contribution in [-0.4, -0.2) is 19.9 Å². The highest BCUT2D eigenvalue weighted by Crippen LogP contribution is 2.34. The van der Waals surface area contributed by atoms with Gasteiger partial charge in [0.1, 0.15) is 11.6 Å². The largest absolute Gasteiger partial charge is 0.468 e. The number of hydrogen-bond donors (Lipinski definition) is 2. The summed E-state index contributed by atoms with van der Waals surface area (Å²) in [5, 5.41) is 3.54. The van der Waals surface area contributed by atoms with Gasteiger partial charge in [-0.1, -0.05) is 42.5 Å². The zero-order valence-electron chi connectivity index (χ0n) is 21.2. The van der Waals surface area contributed by atoms with Crippen LogP contribution in [-0.2, 0) is 26.1 Å². The molecule has 0 fully saturated rings. The molecule has 6 heteroatoms. The lowest BCUT2D eigenvalue weighted by Gasteiger charge is -2.34. The number of aromatic amines is 1. The molecule has 37 heavy (non-hydrogen) atoms. The van der Waals surface area contributed by atoms with Crippen LogP contribution in [0.1, 0.15) is 65.8 Å². The van der Waals surface area contributed by atoms with Gasteiger partial charge in [-0.05, 0) is 73.2 Å². The molecule has 0 spiro atoms. The fraction of sp³-hybridized carbons (Fsp3) is 0.290. The molecule has 5 aromatic rings. The third-order valence-electron chi connectivity index (χ3n) is 7.39. The van der Waals surface area contributed by atoms with E-state index in [4.69, 9.17) is 14.4 Å². The maximum absolute atomic E-state index is 5.52. The third-order valence-corrected chi connectivity index (χ3v) is 7.39. The number of para-hydroxylation sites is 2. The molecule has 1 aliphatic carbocycles. The van der Waals surface area contributed by atoms with E-state index in [2.05, 4.69) is 76.7 Å². The first kappa shape index (κ1) is 23.6. The number of imidazole rings is 1. The first-order valence-corrected chi connectivity index (χ1v) is 13.2. The van der Waals surface area contributed by atoms with E-state index in [1.165, 1.54) is 28.8 Å². The van der Waals surface area contributed by atoms with E-state index in [0.29, 0.717) is 0 Å². The van der Waals surface area contributed by atoms with E-state index in [1.54, 1.807) is 6.26 Å². The Kier molecular flexibility index (Phi) is 6.84. The molecular formula is C31H33N5O. The number of furan rings is 1. The van der Waals surface area contributed by atoms with Gasteiger partial charge in [0, 0.05) is 19.3 Å². The summed E-state index contributed by atoms with van der Waals surface area (Å²) in [6, 6.07) is 25.9. The normalized spacial score (nSPS) is 16.2. The summed E-state index contributed by atoms with van der Waals surface area (Å²) in [5.41, 5.74) is 7.25. The highest BCUT2D eigenvalue weighted by Gasteiger charge is 2.28. The van der Waals surface area contributed by atoms with Crippen LogP contribution in [0.4, 0.5) is 0 Å². The smallest absolute Gasteiger partial charge is 0.121 e. The van der Waals surface area contributed by atoms with Gasteiger partial charge in [-0.25, -0.2) is 4.98 Å². The van der Waals surface area contributed by atoms with Crippen molar-refractivity contribution in [3.63, 3.8) is 0 Å². The van der Waals surface area contributed by atoms with Crippen LogP contribution >= 0.6 is 0 Å². The Balaban J connectivity index is 1.21. The van der Waals surface area contributed by atoms with Crippen molar-refractivity contribution >= 4 is 11.0 Å². The molecule has 0 radical (unpaired) electrons.